The van der Waals surface area contributed by atoms with Crippen molar-refractivity contribution in [3.8, 4) is 11.1 Å². The van der Waals surface area contributed by atoms with Crippen molar-refractivity contribution in [2.24, 2.45) is 0 Å². The zero-order valence-corrected chi connectivity index (χ0v) is 25.0. The number of piperidine rings is 1. The number of nitrogens with one attached hydrogen (secondary N) is 3. The Labute approximate surface area is 246 Å². The van der Waals surface area contributed by atoms with Crippen molar-refractivity contribution in [3.05, 3.63) is 80.8 Å². The average Bonchev–Trinajstić information content (AvgIpc) is 3.64. The maximum Gasteiger partial charge on any atom is 0.253 e. The molecule has 6 heterocycles. The number of carbonyl (C=O) groups excluding carboxylic acids is 1. The van der Waals surface area contributed by atoms with Gasteiger partial charge in [0.05, 0.1) is 25.5 Å². The number of H-pyrrole nitrogens is 1. The Bertz CT molecular complexity index is 1650. The highest BCUT2D eigenvalue weighted by Crippen LogP contribution is 2.32. The van der Waals surface area contributed by atoms with Gasteiger partial charge < -0.3 is 24.8 Å². The number of hydrogen-bond acceptors (Lipinski definition) is 6. The van der Waals surface area contributed by atoms with Crippen molar-refractivity contribution in [2.45, 2.75) is 59.2 Å². The summed E-state index contributed by atoms with van der Waals surface area (Å²) in [4.78, 5) is 31.5. The number of hydrogen-bond donors (Lipinski definition) is 3. The normalized spacial score (nSPS) is 17.5. The number of fused-ring (bicyclic) bond motifs is 1. The number of ether oxygens (including phenoxy) is 1. The molecule has 2 aliphatic heterocycles. The van der Waals surface area contributed by atoms with Crippen LogP contribution >= 0.6 is 0 Å². The van der Waals surface area contributed by atoms with Crippen LogP contribution in [0.5, 0.6) is 0 Å². The van der Waals surface area contributed by atoms with Crippen molar-refractivity contribution < 1.29 is 9.53 Å². The van der Waals surface area contributed by atoms with E-state index in [1.54, 1.807) is 0 Å². The average molecular weight is 572 g/mol. The number of pyridine rings is 2. The molecular formula is C32H41N7O3. The number of carbonyl (C=O) groups is 1. The predicted molar refractivity (Wildman–Crippen MR) is 163 cm³/mol. The molecule has 1 atom stereocenters. The third kappa shape index (κ3) is 5.54. The molecule has 1 amide bonds. The van der Waals surface area contributed by atoms with E-state index in [9.17, 15) is 9.59 Å². The molecule has 0 aliphatic carbocycles. The zero-order chi connectivity index (χ0) is 29.4. The molecule has 2 saturated heterocycles. The van der Waals surface area contributed by atoms with Crippen LogP contribution < -0.4 is 16.2 Å². The Kier molecular flexibility index (Phi) is 8.02. The molecule has 3 N–H and O–H groups in total. The Hall–Kier alpha value is -3.73. The van der Waals surface area contributed by atoms with Gasteiger partial charge in [-0.25, -0.2) is 0 Å². The summed E-state index contributed by atoms with van der Waals surface area (Å²) in [6.45, 7) is 13.3. The molecule has 0 spiro atoms. The number of aromatic nitrogens is 4. The summed E-state index contributed by atoms with van der Waals surface area (Å²) in [5.74, 6) is -0.189. The third-order valence-corrected chi connectivity index (χ3v) is 8.96. The fraction of sp³-hybridized carbons (Fsp3) is 0.469. The van der Waals surface area contributed by atoms with Crippen LogP contribution in [0.2, 0.25) is 0 Å². The molecule has 0 radical (unpaired) electrons. The van der Waals surface area contributed by atoms with E-state index in [2.05, 4.69) is 55.0 Å². The van der Waals surface area contributed by atoms with Gasteiger partial charge in [-0.2, -0.15) is 5.10 Å². The fourth-order valence-corrected chi connectivity index (χ4v) is 6.54. The lowest BCUT2D eigenvalue weighted by atomic mass is 10.0. The van der Waals surface area contributed by atoms with Crippen molar-refractivity contribution in [2.75, 3.05) is 39.4 Å². The van der Waals surface area contributed by atoms with Gasteiger partial charge in [0.2, 0.25) is 0 Å². The van der Waals surface area contributed by atoms with E-state index in [-0.39, 0.29) is 24.1 Å². The lowest BCUT2D eigenvalue weighted by Gasteiger charge is -2.34. The first-order valence-corrected chi connectivity index (χ1v) is 15.0. The van der Waals surface area contributed by atoms with E-state index in [0.717, 1.165) is 78.2 Å². The number of rotatable bonds is 7. The summed E-state index contributed by atoms with van der Waals surface area (Å²) in [6.07, 6.45) is 8.42. The minimum Gasteiger partial charge on any atom is -0.379 e. The highest BCUT2D eigenvalue weighted by Gasteiger charge is 2.26. The number of aromatic amines is 1. The summed E-state index contributed by atoms with van der Waals surface area (Å²) in [7, 11) is 0. The lowest BCUT2D eigenvalue weighted by Crippen LogP contribution is -2.39. The molecule has 4 aromatic rings. The molecule has 10 nitrogen and oxygen atoms in total. The van der Waals surface area contributed by atoms with Crippen molar-refractivity contribution in [1.82, 2.24) is 34.7 Å². The Morgan fingerprint density at radius 1 is 1.10 bits per heavy atom. The predicted octanol–water partition coefficient (Wildman–Crippen LogP) is 3.66. The van der Waals surface area contributed by atoms with E-state index in [4.69, 9.17) is 9.84 Å². The first-order valence-electron chi connectivity index (χ1n) is 15.0. The summed E-state index contributed by atoms with van der Waals surface area (Å²) >= 11 is 0. The third-order valence-electron chi connectivity index (χ3n) is 8.96. The van der Waals surface area contributed by atoms with Gasteiger partial charge in [-0.15, -0.1) is 0 Å². The van der Waals surface area contributed by atoms with Crippen molar-refractivity contribution >= 4 is 11.4 Å². The highest BCUT2D eigenvalue weighted by molar-refractivity contribution is 5.97. The van der Waals surface area contributed by atoms with Crippen molar-refractivity contribution in [3.63, 3.8) is 0 Å². The van der Waals surface area contributed by atoms with Gasteiger partial charge in [0.25, 0.3) is 11.5 Å². The van der Waals surface area contributed by atoms with Crippen LogP contribution in [0.4, 0.5) is 0 Å². The maximum absolute atomic E-state index is 13.7. The second-order valence-corrected chi connectivity index (χ2v) is 11.7. The van der Waals surface area contributed by atoms with Gasteiger partial charge in [-0.1, -0.05) is 0 Å². The monoisotopic (exact) mass is 571 g/mol. The lowest BCUT2D eigenvalue weighted by molar-refractivity contribution is 0.0187. The molecule has 0 bridgehead atoms. The Morgan fingerprint density at radius 2 is 1.86 bits per heavy atom. The Morgan fingerprint density at radius 3 is 2.60 bits per heavy atom. The molecule has 1 unspecified atom stereocenters. The number of amides is 1. The van der Waals surface area contributed by atoms with Gasteiger partial charge >= 0.3 is 0 Å². The van der Waals surface area contributed by atoms with Crippen LogP contribution in [0.1, 0.15) is 70.3 Å². The standard InChI is InChI=1S/C32H41N7O3/c1-20-13-21(2)36-32(41)29(20)17-34-31(40)28-15-27-14-24(25-16-35-39(19-25)26-5-7-33-8-6-26)18-38(27)30(22(28)3)23(4)37-9-11-42-12-10-37/h13-16,18-19,23,26,33H,5-12,17H2,1-4H3,(H,34,40)(H,36,41). The van der Waals surface area contributed by atoms with Crippen LogP contribution in [0.3, 0.4) is 0 Å². The van der Waals surface area contributed by atoms with Crippen LogP contribution in [-0.4, -0.2) is 69.4 Å². The van der Waals surface area contributed by atoms with Gasteiger partial charge in [0, 0.05) is 77.2 Å². The maximum atomic E-state index is 13.7. The minimum atomic E-state index is -0.189. The number of aryl methyl sites for hydroxylation is 2. The smallest absolute Gasteiger partial charge is 0.253 e. The minimum absolute atomic E-state index is 0.0732. The number of nitrogens with zero attached hydrogens (tertiary/aromatic N) is 4. The SMILES string of the molecule is Cc1cc(C)c(CNC(=O)c2cc3cc(-c4cnn(C5CCNCC5)c4)cn3c(C(C)N3CCOCC3)c2C)c(=O)[nH]1. The molecule has 42 heavy (non-hydrogen) atoms. The number of morpholine rings is 1. The molecule has 0 aromatic carbocycles. The van der Waals surface area contributed by atoms with Crippen LogP contribution in [0.25, 0.3) is 16.6 Å². The van der Waals surface area contributed by atoms with Crippen LogP contribution in [-0.2, 0) is 11.3 Å². The molecular weight excluding hydrogens is 530 g/mol. The fourth-order valence-electron chi connectivity index (χ4n) is 6.54. The second-order valence-electron chi connectivity index (χ2n) is 11.7. The molecule has 0 saturated carbocycles. The summed E-state index contributed by atoms with van der Waals surface area (Å²) in [5.41, 5.74) is 7.82. The van der Waals surface area contributed by atoms with Crippen LogP contribution in [0.15, 0.2) is 41.6 Å². The molecule has 2 fully saturated rings. The largest absolute Gasteiger partial charge is 0.379 e. The van der Waals surface area contributed by atoms with E-state index in [0.29, 0.717) is 30.4 Å². The highest BCUT2D eigenvalue weighted by atomic mass is 16.5. The van der Waals surface area contributed by atoms with Gasteiger partial charge in [-0.3, -0.25) is 19.2 Å². The summed E-state index contributed by atoms with van der Waals surface area (Å²) in [6, 6.07) is 6.52. The van der Waals surface area contributed by atoms with Crippen LogP contribution in [0, 0.1) is 20.8 Å². The quantitative estimate of drug-likeness (QED) is 0.313. The first-order chi connectivity index (χ1) is 20.3. The molecule has 222 valence electrons. The van der Waals surface area contributed by atoms with E-state index < -0.39 is 0 Å². The Balaban J connectivity index is 1.37. The molecule has 10 heteroatoms. The van der Waals surface area contributed by atoms with Gasteiger partial charge in [0.1, 0.15) is 0 Å². The zero-order valence-electron chi connectivity index (χ0n) is 25.0. The van der Waals surface area contributed by atoms with Gasteiger partial charge in [-0.05, 0) is 83.0 Å². The first kappa shape index (κ1) is 28.4. The van der Waals surface area contributed by atoms with Crippen molar-refractivity contribution in [1.29, 1.82) is 0 Å². The van der Waals surface area contributed by atoms with E-state index in [1.165, 1.54) is 0 Å². The van der Waals surface area contributed by atoms with E-state index >= 15 is 0 Å². The molecule has 4 aromatic heterocycles. The molecule has 6 rings (SSSR count). The summed E-state index contributed by atoms with van der Waals surface area (Å²) < 4.78 is 9.97. The van der Waals surface area contributed by atoms with Gasteiger partial charge in [0.15, 0.2) is 0 Å². The molecule has 2 aliphatic rings. The second kappa shape index (κ2) is 11.9. The van der Waals surface area contributed by atoms with E-state index in [1.807, 2.05) is 39.1 Å². The summed E-state index contributed by atoms with van der Waals surface area (Å²) in [5, 5.41) is 11.2. The topological polar surface area (TPSA) is 109 Å².